The molecule has 2 nitrogen and oxygen atoms in total. The summed E-state index contributed by atoms with van der Waals surface area (Å²) < 4.78 is 0. The van der Waals surface area contributed by atoms with Gasteiger partial charge in [-0.25, -0.2) is 0 Å². The number of nitrogens with zero attached hydrogens (tertiary/aromatic N) is 1. The third-order valence-corrected chi connectivity index (χ3v) is 1.75. The Morgan fingerprint density at radius 2 is 2.33 bits per heavy atom. The van der Waals surface area contributed by atoms with Gasteiger partial charge >= 0.3 is 0 Å². The Kier molecular flexibility index (Phi) is 5.68. The molecule has 0 fully saturated rings. The van der Waals surface area contributed by atoms with E-state index in [2.05, 4.69) is 18.0 Å². The minimum absolute atomic E-state index is 0. The third kappa shape index (κ3) is 3.69. The molecular weight excluding hydrogens is 172 g/mol. The van der Waals surface area contributed by atoms with E-state index in [-0.39, 0.29) is 18.4 Å². The van der Waals surface area contributed by atoms with Crippen molar-refractivity contribution in [1.29, 1.82) is 0 Å². The van der Waals surface area contributed by atoms with E-state index in [0.29, 0.717) is 0 Å². The quantitative estimate of drug-likeness (QED) is 0.782. The van der Waals surface area contributed by atoms with Crippen LogP contribution < -0.4 is 5.73 Å². The predicted octanol–water partition coefficient (Wildman–Crippen LogP) is 1.78. The van der Waals surface area contributed by atoms with Gasteiger partial charge in [0.05, 0.1) is 0 Å². The molecule has 1 aromatic heterocycles. The highest BCUT2D eigenvalue weighted by atomic mass is 35.5. The van der Waals surface area contributed by atoms with Crippen molar-refractivity contribution in [2.45, 2.75) is 25.8 Å². The van der Waals surface area contributed by atoms with Crippen molar-refractivity contribution in [3.05, 3.63) is 30.1 Å². The molecule has 0 saturated heterocycles. The molecule has 0 aliphatic carbocycles. The van der Waals surface area contributed by atoms with Crippen molar-refractivity contribution in [1.82, 2.24) is 4.98 Å². The van der Waals surface area contributed by atoms with Crippen molar-refractivity contribution in [2.24, 2.45) is 5.73 Å². The molecule has 1 aromatic rings. The number of rotatable bonds is 3. The molecule has 0 amide bonds. The number of pyridine rings is 1. The lowest BCUT2D eigenvalue weighted by molar-refractivity contribution is 0.645. The van der Waals surface area contributed by atoms with Gasteiger partial charge in [0.2, 0.25) is 0 Å². The number of aromatic nitrogens is 1. The van der Waals surface area contributed by atoms with Crippen molar-refractivity contribution < 1.29 is 0 Å². The van der Waals surface area contributed by atoms with Crippen molar-refractivity contribution in [2.75, 3.05) is 0 Å². The molecule has 3 heteroatoms. The molecule has 1 rings (SSSR count). The highest BCUT2D eigenvalue weighted by Gasteiger charge is 1.99. The van der Waals surface area contributed by atoms with Crippen molar-refractivity contribution in [3.8, 4) is 0 Å². The zero-order chi connectivity index (χ0) is 8.10. The molecule has 0 aromatic carbocycles. The Labute approximate surface area is 79.6 Å². The van der Waals surface area contributed by atoms with Crippen LogP contribution in [0.3, 0.4) is 0 Å². The molecule has 68 valence electrons. The Hall–Kier alpha value is -0.600. The summed E-state index contributed by atoms with van der Waals surface area (Å²) >= 11 is 0. The van der Waals surface area contributed by atoms with Gasteiger partial charge in [0.25, 0.3) is 0 Å². The topological polar surface area (TPSA) is 38.9 Å². The normalized spacial score (nSPS) is 11.8. The summed E-state index contributed by atoms with van der Waals surface area (Å²) in [7, 11) is 0. The predicted molar refractivity (Wildman–Crippen MR) is 53.5 cm³/mol. The second-order valence-corrected chi connectivity index (χ2v) is 2.73. The molecule has 12 heavy (non-hydrogen) atoms. The zero-order valence-corrected chi connectivity index (χ0v) is 8.05. The molecule has 0 radical (unpaired) electrons. The second-order valence-electron chi connectivity index (χ2n) is 2.73. The van der Waals surface area contributed by atoms with Crippen LogP contribution in [0.5, 0.6) is 0 Å². The molecule has 0 saturated carbocycles. The highest BCUT2D eigenvalue weighted by molar-refractivity contribution is 5.85. The van der Waals surface area contributed by atoms with E-state index in [1.807, 2.05) is 12.3 Å². The van der Waals surface area contributed by atoms with Gasteiger partial charge in [0.15, 0.2) is 0 Å². The van der Waals surface area contributed by atoms with E-state index >= 15 is 0 Å². The van der Waals surface area contributed by atoms with Crippen LogP contribution in [-0.2, 0) is 6.42 Å². The van der Waals surface area contributed by atoms with Crippen LogP contribution in [0.15, 0.2) is 24.5 Å². The van der Waals surface area contributed by atoms with Gasteiger partial charge in [-0.2, -0.15) is 0 Å². The Morgan fingerprint density at radius 3 is 2.83 bits per heavy atom. The molecule has 0 aliphatic rings. The second kappa shape index (κ2) is 5.98. The van der Waals surface area contributed by atoms with E-state index in [4.69, 9.17) is 5.73 Å². The van der Waals surface area contributed by atoms with Crippen LogP contribution in [0.2, 0.25) is 0 Å². The Morgan fingerprint density at radius 1 is 1.58 bits per heavy atom. The molecule has 2 N–H and O–H groups in total. The monoisotopic (exact) mass is 186 g/mol. The van der Waals surface area contributed by atoms with Crippen LogP contribution in [0.4, 0.5) is 0 Å². The summed E-state index contributed by atoms with van der Waals surface area (Å²) in [5.41, 5.74) is 7.00. The first-order chi connectivity index (χ1) is 5.33. The minimum Gasteiger partial charge on any atom is -0.327 e. The van der Waals surface area contributed by atoms with E-state index < -0.39 is 0 Å². The van der Waals surface area contributed by atoms with Gasteiger partial charge in [-0.15, -0.1) is 12.4 Å². The number of nitrogens with two attached hydrogens (primary N) is 1. The van der Waals surface area contributed by atoms with E-state index in [1.165, 1.54) is 5.56 Å². The van der Waals surface area contributed by atoms with E-state index in [9.17, 15) is 0 Å². The number of hydrogen-bond donors (Lipinski definition) is 1. The fourth-order valence-corrected chi connectivity index (χ4v) is 0.966. The van der Waals surface area contributed by atoms with Gasteiger partial charge < -0.3 is 5.73 Å². The summed E-state index contributed by atoms with van der Waals surface area (Å²) in [6.45, 7) is 2.10. The Bertz CT molecular complexity index is 201. The maximum atomic E-state index is 5.78. The van der Waals surface area contributed by atoms with E-state index in [1.54, 1.807) is 6.20 Å². The average Bonchev–Trinajstić information content (AvgIpc) is 2.06. The molecule has 1 unspecified atom stereocenters. The fraction of sp³-hybridized carbons (Fsp3) is 0.444. The van der Waals surface area contributed by atoms with Gasteiger partial charge in [0.1, 0.15) is 0 Å². The largest absolute Gasteiger partial charge is 0.327 e. The molecule has 0 bridgehead atoms. The summed E-state index contributed by atoms with van der Waals surface area (Å²) in [4.78, 5) is 4.02. The number of hydrogen-bond acceptors (Lipinski definition) is 2. The molecule has 0 aliphatic heterocycles. The molecule has 1 atom stereocenters. The molecule has 1 heterocycles. The van der Waals surface area contributed by atoms with Crippen LogP contribution in [0.1, 0.15) is 18.9 Å². The maximum Gasteiger partial charge on any atom is 0.0300 e. The minimum atomic E-state index is 0. The molecule has 0 spiro atoms. The SMILES string of the molecule is CCC(N)Cc1cccnc1.Cl. The lowest BCUT2D eigenvalue weighted by Crippen LogP contribution is -2.21. The molecular formula is C9H15ClN2. The van der Waals surface area contributed by atoms with Crippen molar-refractivity contribution >= 4 is 12.4 Å². The lowest BCUT2D eigenvalue weighted by Gasteiger charge is -2.06. The first kappa shape index (κ1) is 11.4. The fourth-order valence-electron chi connectivity index (χ4n) is 0.966. The van der Waals surface area contributed by atoms with E-state index in [0.717, 1.165) is 12.8 Å². The number of halogens is 1. The summed E-state index contributed by atoms with van der Waals surface area (Å²) in [5.74, 6) is 0. The summed E-state index contributed by atoms with van der Waals surface area (Å²) in [6.07, 6.45) is 5.61. The van der Waals surface area contributed by atoms with Crippen LogP contribution in [-0.4, -0.2) is 11.0 Å². The van der Waals surface area contributed by atoms with Crippen molar-refractivity contribution in [3.63, 3.8) is 0 Å². The summed E-state index contributed by atoms with van der Waals surface area (Å²) in [5, 5.41) is 0. The third-order valence-electron chi connectivity index (χ3n) is 1.75. The average molecular weight is 187 g/mol. The standard InChI is InChI=1S/C9H14N2.ClH/c1-2-9(10)6-8-4-3-5-11-7-8;/h3-5,7,9H,2,6,10H2,1H3;1H. The Balaban J connectivity index is 0.00000121. The van der Waals surface area contributed by atoms with Crippen LogP contribution in [0.25, 0.3) is 0 Å². The van der Waals surface area contributed by atoms with Gasteiger partial charge in [-0.3, -0.25) is 4.98 Å². The van der Waals surface area contributed by atoms with Gasteiger partial charge in [0, 0.05) is 18.4 Å². The van der Waals surface area contributed by atoms with Gasteiger partial charge in [-0.1, -0.05) is 13.0 Å². The maximum absolute atomic E-state index is 5.78. The van der Waals surface area contributed by atoms with Gasteiger partial charge in [-0.05, 0) is 24.5 Å². The van der Waals surface area contributed by atoms with Crippen LogP contribution in [0, 0.1) is 0 Å². The smallest absolute Gasteiger partial charge is 0.0300 e. The highest BCUT2D eigenvalue weighted by Crippen LogP contribution is 2.01. The first-order valence-electron chi connectivity index (χ1n) is 3.97. The summed E-state index contributed by atoms with van der Waals surface area (Å²) in [6, 6.07) is 4.28. The first-order valence-corrected chi connectivity index (χ1v) is 3.97. The zero-order valence-electron chi connectivity index (χ0n) is 7.23. The van der Waals surface area contributed by atoms with Crippen LogP contribution >= 0.6 is 12.4 Å². The lowest BCUT2D eigenvalue weighted by atomic mass is 10.1.